The first-order valence-corrected chi connectivity index (χ1v) is 10.7. The van der Waals surface area contributed by atoms with Crippen LogP contribution in [0.5, 0.6) is 23.0 Å². The van der Waals surface area contributed by atoms with Crippen molar-refractivity contribution in [3.8, 4) is 23.0 Å². The van der Waals surface area contributed by atoms with E-state index < -0.39 is 17.8 Å². The molecule has 3 aromatic carbocycles. The van der Waals surface area contributed by atoms with Gasteiger partial charge < -0.3 is 24.3 Å². The molecule has 0 saturated heterocycles. The highest BCUT2D eigenvalue weighted by Gasteiger charge is 2.17. The summed E-state index contributed by atoms with van der Waals surface area (Å²) in [7, 11) is 4.44. The quantitative estimate of drug-likeness (QED) is 0.163. The van der Waals surface area contributed by atoms with Gasteiger partial charge in [-0.1, -0.05) is 12.1 Å². The van der Waals surface area contributed by atoms with Gasteiger partial charge in [0.15, 0.2) is 0 Å². The van der Waals surface area contributed by atoms with Crippen LogP contribution in [-0.4, -0.2) is 44.8 Å². The molecule has 0 saturated carbocycles. The Labute approximate surface area is 207 Å². The summed E-state index contributed by atoms with van der Waals surface area (Å²) in [6.07, 6.45) is 0. The number of esters is 1. The van der Waals surface area contributed by atoms with Crippen LogP contribution in [0.25, 0.3) is 0 Å². The molecule has 0 aliphatic carbocycles. The largest absolute Gasteiger partial charge is 0.497 e. The van der Waals surface area contributed by atoms with Crippen molar-refractivity contribution in [1.82, 2.24) is 5.43 Å². The standard InChI is InChI=1S/C26H25N3O7/c1-16(28-29-25(31)24(30)27-21-15-19(34-3)13-14-23(21)35-4)20-7-5-6-8-22(20)36-26(32)17-9-11-18(33-2)12-10-17/h5-15H,1-4H3,(H,27,30)(H,29,31)/b28-16+. The maximum atomic E-state index is 12.6. The Morgan fingerprint density at radius 1 is 0.750 bits per heavy atom. The number of ether oxygens (including phenoxy) is 4. The molecular formula is C26H25N3O7. The number of hydrogen-bond acceptors (Lipinski definition) is 8. The number of para-hydroxylation sites is 1. The molecule has 3 aromatic rings. The number of rotatable bonds is 8. The SMILES string of the molecule is COc1ccc(C(=O)Oc2ccccc2/C(C)=N/NC(=O)C(=O)Nc2cc(OC)ccc2OC)cc1. The highest BCUT2D eigenvalue weighted by molar-refractivity contribution is 6.39. The van der Waals surface area contributed by atoms with Crippen molar-refractivity contribution in [3.05, 3.63) is 77.9 Å². The van der Waals surface area contributed by atoms with E-state index in [9.17, 15) is 14.4 Å². The van der Waals surface area contributed by atoms with Gasteiger partial charge in [-0.05, 0) is 55.5 Å². The summed E-state index contributed by atoms with van der Waals surface area (Å²) < 4.78 is 20.9. The van der Waals surface area contributed by atoms with Crippen molar-refractivity contribution in [2.45, 2.75) is 6.92 Å². The van der Waals surface area contributed by atoms with Gasteiger partial charge in [0.25, 0.3) is 0 Å². The Hall–Kier alpha value is -4.86. The first-order valence-electron chi connectivity index (χ1n) is 10.7. The second kappa shape index (κ2) is 12.0. The third kappa shape index (κ3) is 6.38. The first-order chi connectivity index (χ1) is 17.4. The lowest BCUT2D eigenvalue weighted by Gasteiger charge is -2.12. The van der Waals surface area contributed by atoms with Crippen molar-refractivity contribution in [3.63, 3.8) is 0 Å². The van der Waals surface area contributed by atoms with Crippen LogP contribution >= 0.6 is 0 Å². The van der Waals surface area contributed by atoms with Crippen LogP contribution in [-0.2, 0) is 9.59 Å². The Balaban J connectivity index is 1.69. The number of amides is 2. The Kier molecular flexibility index (Phi) is 8.60. The Bertz CT molecular complexity index is 1290. The average Bonchev–Trinajstić information content (AvgIpc) is 2.91. The van der Waals surface area contributed by atoms with Crippen LogP contribution < -0.4 is 29.7 Å². The molecule has 10 nitrogen and oxygen atoms in total. The fourth-order valence-electron chi connectivity index (χ4n) is 3.08. The van der Waals surface area contributed by atoms with E-state index >= 15 is 0 Å². The number of benzene rings is 3. The lowest BCUT2D eigenvalue weighted by molar-refractivity contribution is -0.136. The monoisotopic (exact) mass is 491 g/mol. The molecule has 2 amide bonds. The Morgan fingerprint density at radius 3 is 2.08 bits per heavy atom. The van der Waals surface area contributed by atoms with E-state index in [4.69, 9.17) is 18.9 Å². The maximum absolute atomic E-state index is 12.6. The van der Waals surface area contributed by atoms with Crippen molar-refractivity contribution in [2.75, 3.05) is 26.6 Å². The van der Waals surface area contributed by atoms with Gasteiger partial charge in [-0.15, -0.1) is 0 Å². The highest BCUT2D eigenvalue weighted by Crippen LogP contribution is 2.28. The number of carbonyl (C=O) groups excluding carboxylic acids is 3. The molecule has 0 atom stereocenters. The smallest absolute Gasteiger partial charge is 0.343 e. The number of carbonyl (C=O) groups is 3. The minimum Gasteiger partial charge on any atom is -0.497 e. The van der Waals surface area contributed by atoms with E-state index in [0.717, 1.165) is 0 Å². The van der Waals surface area contributed by atoms with Gasteiger partial charge >= 0.3 is 17.8 Å². The van der Waals surface area contributed by atoms with Gasteiger partial charge in [0.2, 0.25) is 0 Å². The molecule has 2 N–H and O–H groups in total. The molecule has 0 bridgehead atoms. The lowest BCUT2D eigenvalue weighted by atomic mass is 10.1. The van der Waals surface area contributed by atoms with E-state index in [2.05, 4.69) is 15.8 Å². The van der Waals surface area contributed by atoms with Crippen LogP contribution in [0, 0.1) is 0 Å². The van der Waals surface area contributed by atoms with Gasteiger partial charge in [0.1, 0.15) is 23.0 Å². The van der Waals surface area contributed by atoms with E-state index in [-0.39, 0.29) is 11.4 Å². The van der Waals surface area contributed by atoms with Crippen molar-refractivity contribution in [2.24, 2.45) is 5.10 Å². The van der Waals surface area contributed by atoms with Crippen molar-refractivity contribution < 1.29 is 33.3 Å². The number of hydrazone groups is 1. The van der Waals surface area contributed by atoms with Gasteiger partial charge in [0.05, 0.1) is 38.3 Å². The predicted molar refractivity (Wildman–Crippen MR) is 133 cm³/mol. The molecule has 10 heteroatoms. The third-order valence-electron chi connectivity index (χ3n) is 4.99. The summed E-state index contributed by atoms with van der Waals surface area (Å²) in [5.41, 5.74) is 3.56. The van der Waals surface area contributed by atoms with E-state index in [1.165, 1.54) is 27.4 Å². The zero-order valence-corrected chi connectivity index (χ0v) is 20.2. The summed E-state index contributed by atoms with van der Waals surface area (Å²) in [5.74, 6) is -0.873. The summed E-state index contributed by atoms with van der Waals surface area (Å²) in [6.45, 7) is 1.60. The second-order valence-corrected chi connectivity index (χ2v) is 7.27. The normalized spacial score (nSPS) is 10.7. The minimum atomic E-state index is -1.01. The Morgan fingerprint density at radius 2 is 1.42 bits per heavy atom. The van der Waals surface area contributed by atoms with Crippen LogP contribution in [0.2, 0.25) is 0 Å². The molecule has 36 heavy (non-hydrogen) atoms. The molecule has 0 aromatic heterocycles. The number of nitrogens with one attached hydrogen (secondary N) is 2. The topological polar surface area (TPSA) is 125 Å². The summed E-state index contributed by atoms with van der Waals surface area (Å²) in [4.78, 5) is 37.3. The van der Waals surface area contributed by atoms with Crippen LogP contribution in [0.3, 0.4) is 0 Å². The van der Waals surface area contributed by atoms with Crippen LogP contribution in [0.1, 0.15) is 22.8 Å². The van der Waals surface area contributed by atoms with Crippen LogP contribution in [0.15, 0.2) is 71.8 Å². The highest BCUT2D eigenvalue weighted by atomic mass is 16.5. The molecule has 0 aliphatic rings. The fraction of sp³-hybridized carbons (Fsp3) is 0.154. The lowest BCUT2D eigenvalue weighted by Crippen LogP contribution is -2.33. The molecular weight excluding hydrogens is 466 g/mol. The molecule has 3 rings (SSSR count). The molecule has 0 spiro atoms. The molecule has 0 unspecified atom stereocenters. The second-order valence-electron chi connectivity index (χ2n) is 7.27. The number of anilines is 1. The fourth-order valence-corrected chi connectivity index (χ4v) is 3.08. The van der Waals surface area contributed by atoms with Gasteiger partial charge in [-0.25, -0.2) is 10.2 Å². The summed E-state index contributed by atoms with van der Waals surface area (Å²) in [6, 6.07) is 17.9. The summed E-state index contributed by atoms with van der Waals surface area (Å²) in [5, 5.41) is 6.45. The zero-order chi connectivity index (χ0) is 26.1. The van der Waals surface area contributed by atoms with Crippen molar-refractivity contribution in [1.29, 1.82) is 0 Å². The summed E-state index contributed by atoms with van der Waals surface area (Å²) >= 11 is 0. The molecule has 0 fully saturated rings. The van der Waals surface area contributed by atoms with E-state index in [0.29, 0.717) is 34.1 Å². The van der Waals surface area contributed by atoms with Gasteiger partial charge in [-0.3, -0.25) is 9.59 Å². The number of nitrogens with zero attached hydrogens (tertiary/aromatic N) is 1. The van der Waals surface area contributed by atoms with Gasteiger partial charge in [-0.2, -0.15) is 5.10 Å². The van der Waals surface area contributed by atoms with Crippen LogP contribution in [0.4, 0.5) is 5.69 Å². The predicted octanol–water partition coefficient (Wildman–Crippen LogP) is 3.41. The minimum absolute atomic E-state index is 0.236. The zero-order valence-electron chi connectivity index (χ0n) is 20.2. The molecule has 186 valence electrons. The van der Waals surface area contributed by atoms with Gasteiger partial charge in [0, 0.05) is 11.6 Å². The third-order valence-corrected chi connectivity index (χ3v) is 4.99. The maximum Gasteiger partial charge on any atom is 0.343 e. The molecule has 0 radical (unpaired) electrons. The number of hydrogen-bond donors (Lipinski definition) is 2. The first kappa shape index (κ1) is 25.8. The molecule has 0 heterocycles. The average molecular weight is 492 g/mol. The molecule has 0 aliphatic heterocycles. The van der Waals surface area contributed by atoms with E-state index in [1.807, 2.05) is 0 Å². The van der Waals surface area contributed by atoms with Crippen molar-refractivity contribution >= 4 is 29.2 Å². The number of methoxy groups -OCH3 is 3. The van der Waals surface area contributed by atoms with E-state index in [1.54, 1.807) is 67.6 Å².